The van der Waals surface area contributed by atoms with Crippen LogP contribution in [0, 0.1) is 5.92 Å². The number of hydrogen-bond acceptors (Lipinski definition) is 4. The molecule has 1 aromatic rings. The molecule has 0 aliphatic heterocycles. The van der Waals surface area contributed by atoms with E-state index < -0.39 is 16.1 Å². The molecule has 2 N–H and O–H groups in total. The molecular formula is C18H28N2O4S. The highest BCUT2D eigenvalue weighted by atomic mass is 32.2. The number of hydrogen-bond donors (Lipinski definition) is 2. The van der Waals surface area contributed by atoms with Gasteiger partial charge in [-0.25, -0.2) is 13.1 Å². The van der Waals surface area contributed by atoms with Gasteiger partial charge in [-0.3, -0.25) is 4.79 Å². The molecular weight excluding hydrogens is 340 g/mol. The van der Waals surface area contributed by atoms with Crippen LogP contribution >= 0.6 is 0 Å². The van der Waals surface area contributed by atoms with E-state index in [1.165, 1.54) is 12.8 Å². The van der Waals surface area contributed by atoms with Crippen molar-refractivity contribution >= 4 is 15.9 Å². The molecule has 0 saturated heterocycles. The summed E-state index contributed by atoms with van der Waals surface area (Å²) in [6.45, 7) is 6.22. The third-order valence-electron chi connectivity index (χ3n) is 3.98. The minimum absolute atomic E-state index is 0.106. The SMILES string of the molecule is CC(C)NS(=O)(=O)Cc1ccccc1CNC(=O)C(C)OCC1CC1. The molecule has 1 unspecified atom stereocenters. The molecule has 0 bridgehead atoms. The van der Waals surface area contributed by atoms with Crippen LogP contribution in [0.5, 0.6) is 0 Å². The summed E-state index contributed by atoms with van der Waals surface area (Å²) in [6, 6.07) is 7.08. The van der Waals surface area contributed by atoms with Crippen molar-refractivity contribution in [1.82, 2.24) is 10.0 Å². The lowest BCUT2D eigenvalue weighted by atomic mass is 10.1. The summed E-state index contributed by atoms with van der Waals surface area (Å²) < 4.78 is 32.4. The normalized spacial score (nSPS) is 16.0. The van der Waals surface area contributed by atoms with Gasteiger partial charge in [-0.05, 0) is 50.7 Å². The largest absolute Gasteiger partial charge is 0.368 e. The molecule has 1 aromatic carbocycles. The third-order valence-corrected chi connectivity index (χ3v) is 5.50. The molecule has 2 rings (SSSR count). The summed E-state index contributed by atoms with van der Waals surface area (Å²) in [5, 5.41) is 2.83. The van der Waals surface area contributed by atoms with Crippen molar-refractivity contribution in [3.8, 4) is 0 Å². The first kappa shape index (κ1) is 19.9. The fourth-order valence-corrected chi connectivity index (χ4v) is 3.94. The number of benzene rings is 1. The first-order valence-corrected chi connectivity index (χ1v) is 10.4. The van der Waals surface area contributed by atoms with Gasteiger partial charge in [0.05, 0.1) is 12.4 Å². The fourth-order valence-electron chi connectivity index (χ4n) is 2.44. The Morgan fingerprint density at radius 1 is 1.20 bits per heavy atom. The van der Waals surface area contributed by atoms with E-state index in [9.17, 15) is 13.2 Å². The fraction of sp³-hybridized carbons (Fsp3) is 0.611. The zero-order valence-corrected chi connectivity index (χ0v) is 15.9. The molecule has 1 aliphatic carbocycles. The van der Waals surface area contributed by atoms with Crippen LogP contribution in [0.15, 0.2) is 24.3 Å². The van der Waals surface area contributed by atoms with E-state index in [0.29, 0.717) is 18.1 Å². The summed E-state index contributed by atoms with van der Waals surface area (Å²) in [6.07, 6.45) is 1.86. The van der Waals surface area contributed by atoms with Crippen molar-refractivity contribution in [2.75, 3.05) is 6.61 Å². The molecule has 0 aromatic heterocycles. The van der Waals surface area contributed by atoms with E-state index in [0.717, 1.165) is 5.56 Å². The van der Waals surface area contributed by atoms with Gasteiger partial charge in [-0.1, -0.05) is 24.3 Å². The first-order valence-electron chi connectivity index (χ1n) is 8.73. The molecule has 6 nitrogen and oxygen atoms in total. The van der Waals surface area contributed by atoms with Crippen LogP contribution in [0.4, 0.5) is 0 Å². The lowest BCUT2D eigenvalue weighted by Crippen LogP contribution is -2.35. The van der Waals surface area contributed by atoms with Crippen LogP contribution in [0.1, 0.15) is 44.7 Å². The van der Waals surface area contributed by atoms with Crippen LogP contribution in [0.3, 0.4) is 0 Å². The minimum atomic E-state index is -3.41. The van der Waals surface area contributed by atoms with Crippen molar-refractivity contribution in [3.63, 3.8) is 0 Å². The predicted molar refractivity (Wildman–Crippen MR) is 97.3 cm³/mol. The molecule has 1 saturated carbocycles. The van der Waals surface area contributed by atoms with Crippen molar-refractivity contribution in [1.29, 1.82) is 0 Å². The quantitative estimate of drug-likeness (QED) is 0.661. The van der Waals surface area contributed by atoms with E-state index >= 15 is 0 Å². The highest BCUT2D eigenvalue weighted by Crippen LogP contribution is 2.29. The summed E-state index contributed by atoms with van der Waals surface area (Å²) in [5.41, 5.74) is 1.47. The topological polar surface area (TPSA) is 84.5 Å². The minimum Gasteiger partial charge on any atom is -0.368 e. The maximum atomic E-state index is 12.1. The standard InChI is InChI=1S/C18H28N2O4S/c1-13(2)20-25(22,23)12-17-7-5-4-6-16(17)10-19-18(21)14(3)24-11-15-8-9-15/h4-7,13-15,20H,8-12H2,1-3H3,(H,19,21). The Labute approximate surface area is 150 Å². The number of ether oxygens (including phenoxy) is 1. The molecule has 0 spiro atoms. The average Bonchev–Trinajstić information content (AvgIpc) is 3.34. The molecule has 1 amide bonds. The Balaban J connectivity index is 1.92. The van der Waals surface area contributed by atoms with Gasteiger partial charge in [0.15, 0.2) is 0 Å². The summed E-state index contributed by atoms with van der Waals surface area (Å²) in [4.78, 5) is 12.1. The second kappa shape index (κ2) is 8.78. The molecule has 1 atom stereocenters. The smallest absolute Gasteiger partial charge is 0.249 e. The van der Waals surface area contributed by atoms with Gasteiger partial charge < -0.3 is 10.1 Å². The maximum Gasteiger partial charge on any atom is 0.249 e. The second-order valence-corrected chi connectivity index (χ2v) is 8.69. The Bertz CT molecular complexity index is 684. The zero-order valence-electron chi connectivity index (χ0n) is 15.1. The lowest BCUT2D eigenvalue weighted by molar-refractivity contribution is -0.132. The maximum absolute atomic E-state index is 12.1. The first-order chi connectivity index (χ1) is 11.8. The summed E-state index contributed by atoms with van der Waals surface area (Å²) >= 11 is 0. The molecule has 1 aliphatic rings. The van der Waals surface area contributed by atoms with E-state index in [1.807, 2.05) is 12.1 Å². The monoisotopic (exact) mass is 368 g/mol. The Hall–Kier alpha value is -1.44. The Morgan fingerprint density at radius 3 is 2.44 bits per heavy atom. The van der Waals surface area contributed by atoms with E-state index in [4.69, 9.17) is 4.74 Å². The predicted octanol–water partition coefficient (Wildman–Crippen LogP) is 1.95. The summed E-state index contributed by atoms with van der Waals surface area (Å²) in [5.74, 6) is 0.318. The number of carbonyl (C=O) groups excluding carboxylic acids is 1. The van der Waals surface area contributed by atoms with Gasteiger partial charge in [-0.2, -0.15) is 0 Å². The van der Waals surface area contributed by atoms with Crippen LogP contribution in [-0.2, 0) is 31.9 Å². The molecule has 0 heterocycles. The van der Waals surface area contributed by atoms with E-state index in [1.54, 1.807) is 32.9 Å². The number of amides is 1. The Kier molecular flexibility index (Phi) is 6.98. The van der Waals surface area contributed by atoms with Gasteiger partial charge in [0.25, 0.3) is 0 Å². The van der Waals surface area contributed by atoms with Crippen LogP contribution in [0.25, 0.3) is 0 Å². The van der Waals surface area contributed by atoms with Crippen LogP contribution in [0.2, 0.25) is 0 Å². The lowest BCUT2D eigenvalue weighted by Gasteiger charge is -2.15. The molecule has 1 fully saturated rings. The van der Waals surface area contributed by atoms with Crippen molar-refractivity contribution in [3.05, 3.63) is 35.4 Å². The molecule has 0 radical (unpaired) electrons. The van der Waals surface area contributed by atoms with Crippen molar-refractivity contribution < 1.29 is 17.9 Å². The number of carbonyl (C=O) groups is 1. The average molecular weight is 368 g/mol. The number of rotatable bonds is 10. The highest BCUT2D eigenvalue weighted by molar-refractivity contribution is 7.88. The second-order valence-electron chi connectivity index (χ2n) is 6.94. The highest BCUT2D eigenvalue weighted by Gasteiger charge is 2.24. The van der Waals surface area contributed by atoms with Gasteiger partial charge in [0, 0.05) is 12.6 Å². The number of nitrogens with one attached hydrogen (secondary N) is 2. The molecule has 7 heteroatoms. The van der Waals surface area contributed by atoms with Gasteiger partial charge in [0.1, 0.15) is 6.10 Å². The van der Waals surface area contributed by atoms with Crippen molar-refractivity contribution in [2.24, 2.45) is 5.92 Å². The van der Waals surface area contributed by atoms with Gasteiger partial charge in [-0.15, -0.1) is 0 Å². The summed E-state index contributed by atoms with van der Waals surface area (Å²) in [7, 11) is -3.41. The zero-order chi connectivity index (χ0) is 18.4. The van der Waals surface area contributed by atoms with E-state index in [-0.39, 0.29) is 24.2 Å². The van der Waals surface area contributed by atoms with Crippen LogP contribution < -0.4 is 10.0 Å². The van der Waals surface area contributed by atoms with Gasteiger partial charge >= 0.3 is 0 Å². The van der Waals surface area contributed by atoms with Crippen molar-refractivity contribution in [2.45, 2.75) is 58.1 Å². The number of sulfonamides is 1. The molecule has 25 heavy (non-hydrogen) atoms. The van der Waals surface area contributed by atoms with Crippen LogP contribution in [-0.4, -0.2) is 33.1 Å². The third kappa shape index (κ3) is 7.13. The van der Waals surface area contributed by atoms with Gasteiger partial charge in [0.2, 0.25) is 15.9 Å². The molecule has 140 valence electrons. The Morgan fingerprint density at radius 2 is 1.84 bits per heavy atom. The van der Waals surface area contributed by atoms with E-state index in [2.05, 4.69) is 10.0 Å².